The van der Waals surface area contributed by atoms with Crippen LogP contribution in [0, 0.1) is 5.41 Å². The van der Waals surface area contributed by atoms with E-state index in [-0.39, 0.29) is 40.7 Å². The molecular formula is C45H48ClN7O6. The first-order chi connectivity index (χ1) is 28.6. The molecule has 1 atom stereocenters. The molecule has 0 saturated carbocycles. The first kappa shape index (κ1) is 39.0. The summed E-state index contributed by atoms with van der Waals surface area (Å²) in [5.41, 5.74) is 3.01. The molecule has 2 N–H and O–H groups in total. The Bertz CT molecular complexity index is 2240. The number of rotatable bonds is 9. The summed E-state index contributed by atoms with van der Waals surface area (Å²) >= 11 is 6.56. The van der Waals surface area contributed by atoms with Gasteiger partial charge in [-0.2, -0.15) is 10.2 Å². The predicted octanol–water partition coefficient (Wildman–Crippen LogP) is 4.99. The number of para-hydroxylation sites is 2. The number of aromatic nitrogens is 2. The molecule has 14 heteroatoms. The second kappa shape index (κ2) is 15.9. The van der Waals surface area contributed by atoms with E-state index in [1.54, 1.807) is 36.5 Å². The van der Waals surface area contributed by atoms with Gasteiger partial charge >= 0.3 is 0 Å². The number of aromatic hydroxyl groups is 1. The largest absolute Gasteiger partial charge is 0.507 e. The maximum absolute atomic E-state index is 14.5. The molecule has 9 rings (SSSR count). The fourth-order valence-corrected chi connectivity index (χ4v) is 9.81. The second-order valence-corrected chi connectivity index (χ2v) is 17.4. The van der Waals surface area contributed by atoms with E-state index >= 15 is 0 Å². The number of carbonyl (C=O) groups excluding carboxylic acids is 4. The molecule has 5 fully saturated rings. The van der Waals surface area contributed by atoms with Crippen LogP contribution in [0.15, 0.2) is 85.1 Å². The van der Waals surface area contributed by atoms with Gasteiger partial charge < -0.3 is 24.5 Å². The van der Waals surface area contributed by atoms with Crippen LogP contribution in [0.4, 0.5) is 5.69 Å². The Labute approximate surface area is 348 Å². The zero-order valence-electron chi connectivity index (χ0n) is 32.9. The number of benzene rings is 3. The molecular weight excluding hydrogens is 770 g/mol. The van der Waals surface area contributed by atoms with E-state index in [4.69, 9.17) is 16.3 Å². The molecule has 5 aliphatic rings. The van der Waals surface area contributed by atoms with Crippen molar-refractivity contribution in [2.75, 3.05) is 63.8 Å². The number of ether oxygens (including phenoxy) is 1. The summed E-state index contributed by atoms with van der Waals surface area (Å²) in [6.07, 6.45) is 5.40. The number of hydrogen-bond acceptors (Lipinski definition) is 10. The van der Waals surface area contributed by atoms with Crippen molar-refractivity contribution in [2.24, 2.45) is 5.41 Å². The third kappa shape index (κ3) is 7.85. The van der Waals surface area contributed by atoms with E-state index in [9.17, 15) is 24.3 Å². The molecule has 0 bridgehead atoms. The number of likely N-dealkylation sites (tertiary alicyclic amines) is 3. The topological polar surface area (TPSA) is 149 Å². The lowest BCUT2D eigenvalue weighted by Gasteiger charge is -2.61. The molecule has 13 nitrogen and oxygen atoms in total. The van der Waals surface area contributed by atoms with Gasteiger partial charge in [-0.15, -0.1) is 0 Å². The number of hydrogen-bond donors (Lipinski definition) is 2. The van der Waals surface area contributed by atoms with Gasteiger partial charge in [0.1, 0.15) is 11.5 Å². The lowest BCUT2D eigenvalue weighted by molar-refractivity contribution is -0.180. The van der Waals surface area contributed by atoms with Crippen LogP contribution >= 0.6 is 11.6 Å². The fraction of sp³-hybridized carbons (Fsp3) is 0.422. The zero-order chi connectivity index (χ0) is 40.7. The Balaban J connectivity index is 0.772. The minimum Gasteiger partial charge on any atom is -0.507 e. The van der Waals surface area contributed by atoms with E-state index in [0.717, 1.165) is 37.2 Å². The smallest absolute Gasteiger partial charge is 0.266 e. The highest BCUT2D eigenvalue weighted by Gasteiger charge is 2.58. The third-order valence-corrected chi connectivity index (χ3v) is 13.3. The number of anilines is 1. The number of phenols is 1. The van der Waals surface area contributed by atoms with Crippen LogP contribution in [-0.2, 0) is 19.2 Å². The minimum atomic E-state index is -1.11. The first-order valence-electron chi connectivity index (χ1n) is 20.6. The number of amides is 4. The zero-order valence-corrected chi connectivity index (χ0v) is 33.6. The molecule has 4 amide bonds. The molecule has 6 heterocycles. The summed E-state index contributed by atoms with van der Waals surface area (Å²) in [6, 6.07) is 24.5. The van der Waals surface area contributed by atoms with Crippen molar-refractivity contribution < 1.29 is 29.0 Å². The summed E-state index contributed by atoms with van der Waals surface area (Å²) in [5, 5.41) is 21.8. The van der Waals surface area contributed by atoms with E-state index < -0.39 is 5.60 Å². The Morgan fingerprint density at radius 1 is 0.847 bits per heavy atom. The highest BCUT2D eigenvalue weighted by molar-refractivity contribution is 6.32. The van der Waals surface area contributed by atoms with Gasteiger partial charge in [0.25, 0.3) is 5.91 Å². The average molecular weight is 818 g/mol. The Morgan fingerprint density at radius 3 is 2.24 bits per heavy atom. The van der Waals surface area contributed by atoms with Crippen molar-refractivity contribution in [3.63, 3.8) is 0 Å². The van der Waals surface area contributed by atoms with Gasteiger partial charge in [-0.3, -0.25) is 29.4 Å². The summed E-state index contributed by atoms with van der Waals surface area (Å²) in [6.45, 7) is 5.61. The average Bonchev–Trinajstić information content (AvgIpc) is 3.21. The summed E-state index contributed by atoms with van der Waals surface area (Å²) in [5.74, 6) is 0.389. The molecule has 306 valence electrons. The molecule has 0 aliphatic carbocycles. The third-order valence-electron chi connectivity index (χ3n) is 13.0. The van der Waals surface area contributed by atoms with Gasteiger partial charge in [-0.1, -0.05) is 60.1 Å². The highest BCUT2D eigenvalue weighted by Crippen LogP contribution is 2.44. The molecule has 4 aromatic rings. The number of phenolic OH excluding ortho intramolecular Hbond substituents is 1. The fourth-order valence-electron chi connectivity index (χ4n) is 9.64. The second-order valence-electron chi connectivity index (χ2n) is 17.0. The van der Waals surface area contributed by atoms with Crippen LogP contribution in [-0.4, -0.2) is 118 Å². The maximum atomic E-state index is 14.5. The lowest BCUT2D eigenvalue weighted by atomic mass is 9.71. The number of piperidine rings is 3. The Morgan fingerprint density at radius 2 is 1.53 bits per heavy atom. The maximum Gasteiger partial charge on any atom is 0.266 e. The number of halogens is 1. The van der Waals surface area contributed by atoms with Crippen molar-refractivity contribution >= 4 is 40.9 Å². The van der Waals surface area contributed by atoms with E-state index in [1.165, 1.54) is 5.56 Å². The molecule has 59 heavy (non-hydrogen) atoms. The quantitative estimate of drug-likeness (QED) is 0.222. The SMILES string of the molecule is O=C1CC[C@H](c2ccc(C3CCN(CC(=O)N4CC5(C4)CN(C(=O)C4(Oc6ccccc6Cl)CCN(c6cnnc(-c7ccccc7O)c6)CC4)C5)CC3)cc2)C(=O)N1. The highest BCUT2D eigenvalue weighted by atomic mass is 35.5. The molecule has 0 radical (unpaired) electrons. The number of carbonyl (C=O) groups is 4. The van der Waals surface area contributed by atoms with Crippen LogP contribution in [0.1, 0.15) is 61.5 Å². The monoisotopic (exact) mass is 817 g/mol. The van der Waals surface area contributed by atoms with Crippen LogP contribution < -0.4 is 15.0 Å². The van der Waals surface area contributed by atoms with Crippen molar-refractivity contribution in [3.05, 3.63) is 101 Å². The molecule has 1 aromatic heterocycles. The van der Waals surface area contributed by atoms with E-state index in [0.29, 0.717) is 99.4 Å². The Hall–Kier alpha value is -5.53. The predicted molar refractivity (Wildman–Crippen MR) is 221 cm³/mol. The van der Waals surface area contributed by atoms with Crippen LogP contribution in [0.25, 0.3) is 11.3 Å². The van der Waals surface area contributed by atoms with Crippen LogP contribution in [0.2, 0.25) is 5.02 Å². The van der Waals surface area contributed by atoms with Crippen molar-refractivity contribution in [1.82, 2.24) is 30.2 Å². The number of nitrogens with one attached hydrogen (secondary N) is 1. The minimum absolute atomic E-state index is 0.0521. The van der Waals surface area contributed by atoms with Gasteiger partial charge in [-0.25, -0.2) is 0 Å². The molecule has 1 spiro atoms. The molecule has 5 aliphatic heterocycles. The van der Waals surface area contributed by atoms with Crippen molar-refractivity contribution in [1.29, 1.82) is 0 Å². The number of nitrogens with zero attached hydrogens (tertiary/aromatic N) is 6. The summed E-state index contributed by atoms with van der Waals surface area (Å²) < 4.78 is 6.62. The number of imide groups is 1. The van der Waals surface area contributed by atoms with E-state index in [2.05, 4.69) is 37.4 Å². The summed E-state index contributed by atoms with van der Waals surface area (Å²) in [7, 11) is 0. The van der Waals surface area contributed by atoms with Gasteiger partial charge in [0.2, 0.25) is 17.7 Å². The normalized spacial score (nSPS) is 21.7. The molecule has 3 aromatic carbocycles. The van der Waals surface area contributed by atoms with Crippen molar-refractivity contribution in [2.45, 2.75) is 56.0 Å². The van der Waals surface area contributed by atoms with E-state index in [1.807, 2.05) is 46.2 Å². The van der Waals surface area contributed by atoms with Crippen molar-refractivity contribution in [3.8, 4) is 22.8 Å². The van der Waals surface area contributed by atoms with Gasteiger partial charge in [0.05, 0.1) is 35.1 Å². The summed E-state index contributed by atoms with van der Waals surface area (Å²) in [4.78, 5) is 60.0. The Kier molecular flexibility index (Phi) is 10.5. The van der Waals surface area contributed by atoms with Gasteiger partial charge in [0.15, 0.2) is 5.60 Å². The standard InChI is InChI=1S/C45H48ClN7O6/c46-36-6-2-4-8-39(36)59-45(17-21-51(22-18-45)33-23-37(49-47-24-33)35-5-1-3-7-38(35)54)43(58)53-28-44(29-53)26-52(27-44)41(56)25-50-19-15-31(16-20-50)30-9-11-32(12-10-30)34-13-14-40(55)48-42(34)57/h1-12,23-24,31,34,54H,13-22,25-29H2,(H,48,55,57)/t34-/m1/s1. The molecule has 5 saturated heterocycles. The molecule has 0 unspecified atom stereocenters. The van der Waals surface area contributed by atoms with Crippen LogP contribution in [0.3, 0.4) is 0 Å². The lowest BCUT2D eigenvalue weighted by Crippen LogP contribution is -2.76. The van der Waals surface area contributed by atoms with Crippen LogP contribution in [0.5, 0.6) is 11.5 Å². The first-order valence-corrected chi connectivity index (χ1v) is 21.0. The van der Waals surface area contributed by atoms with Gasteiger partial charge in [-0.05, 0) is 79.7 Å². The van der Waals surface area contributed by atoms with Gasteiger partial charge in [0, 0.05) is 69.5 Å².